The average Bonchev–Trinajstić information content (AvgIpc) is 3.64. The summed E-state index contributed by atoms with van der Waals surface area (Å²) < 4.78 is 17.1. The van der Waals surface area contributed by atoms with E-state index in [1.807, 2.05) is 29.2 Å². The summed E-state index contributed by atoms with van der Waals surface area (Å²) in [7, 11) is 0.852. The zero-order valence-corrected chi connectivity index (χ0v) is 22.2. The van der Waals surface area contributed by atoms with Gasteiger partial charge in [-0.25, -0.2) is 9.97 Å². The fourth-order valence-corrected chi connectivity index (χ4v) is 6.39. The van der Waals surface area contributed by atoms with Crippen LogP contribution in [-0.4, -0.2) is 62.5 Å². The van der Waals surface area contributed by atoms with Gasteiger partial charge in [-0.05, 0) is 59.7 Å². The van der Waals surface area contributed by atoms with Gasteiger partial charge in [0.05, 0.1) is 12.6 Å². The van der Waals surface area contributed by atoms with Crippen LogP contribution in [-0.2, 0) is 15.6 Å². The number of hydrogen-bond acceptors (Lipinski definition) is 8. The number of benzene rings is 2. The van der Waals surface area contributed by atoms with Gasteiger partial charge in [-0.3, -0.25) is 14.1 Å². The van der Waals surface area contributed by atoms with E-state index >= 15 is 0 Å². The molecule has 1 amide bonds. The molecule has 0 spiro atoms. The molecule has 12 heteroatoms. The number of methoxy groups -OCH3 is 1. The highest BCUT2D eigenvalue weighted by Crippen LogP contribution is 2.57. The number of nitrogens with one attached hydrogen (secondary N) is 3. The molecule has 1 saturated heterocycles. The Morgan fingerprint density at radius 3 is 2.76 bits per heavy atom. The molecule has 2 atom stereocenters. The molecule has 10 nitrogen and oxygen atoms in total. The minimum atomic E-state index is -0.787. The molecule has 2 aromatic carbocycles. The minimum Gasteiger partial charge on any atom is -0.497 e. The number of anilines is 4. The second-order valence-corrected chi connectivity index (χ2v) is 11.4. The fourth-order valence-electron chi connectivity index (χ4n) is 5.07. The summed E-state index contributed by atoms with van der Waals surface area (Å²) in [5, 5.41) is 15.0. The normalized spacial score (nSPS) is 19.4. The molecule has 0 radical (unpaired) electrons. The van der Waals surface area contributed by atoms with Crippen molar-refractivity contribution >= 4 is 62.9 Å². The highest BCUT2D eigenvalue weighted by molar-refractivity contribution is 7.85. The third-order valence-corrected chi connectivity index (χ3v) is 8.79. The van der Waals surface area contributed by atoms with Crippen LogP contribution in [0, 0.1) is 0 Å². The van der Waals surface area contributed by atoms with E-state index in [0.29, 0.717) is 59.4 Å². The second-order valence-electron chi connectivity index (χ2n) is 9.36. The van der Waals surface area contributed by atoms with Crippen LogP contribution in [0.25, 0.3) is 10.9 Å². The Morgan fingerprint density at radius 1 is 1.13 bits per heavy atom. The van der Waals surface area contributed by atoms with Gasteiger partial charge < -0.3 is 20.3 Å². The molecule has 196 valence electrons. The number of nitrogens with zero attached hydrogens (tertiary/aromatic N) is 4. The number of carbonyl (C=O) groups is 1. The van der Waals surface area contributed by atoms with Crippen molar-refractivity contribution in [3.05, 3.63) is 58.9 Å². The number of H-pyrrole nitrogens is 1. The quantitative estimate of drug-likeness (QED) is 0.279. The van der Waals surface area contributed by atoms with Gasteiger partial charge in [0.1, 0.15) is 17.1 Å². The average molecular weight is 552 g/mol. The van der Waals surface area contributed by atoms with Gasteiger partial charge in [-0.2, -0.15) is 5.10 Å². The molecule has 38 heavy (non-hydrogen) atoms. The zero-order chi connectivity index (χ0) is 26.2. The van der Waals surface area contributed by atoms with Crippen LogP contribution < -0.4 is 20.3 Å². The first-order valence-corrected chi connectivity index (χ1v) is 14.2. The lowest BCUT2D eigenvalue weighted by molar-refractivity contribution is -0.105. The summed E-state index contributed by atoms with van der Waals surface area (Å²) >= 11 is 6.67. The van der Waals surface area contributed by atoms with Crippen molar-refractivity contribution in [2.24, 2.45) is 0 Å². The predicted octanol–water partition coefficient (Wildman–Crippen LogP) is 4.17. The van der Waals surface area contributed by atoms with Crippen LogP contribution in [0.5, 0.6) is 5.75 Å². The van der Waals surface area contributed by atoms with Gasteiger partial charge in [-0.15, -0.1) is 0 Å². The van der Waals surface area contributed by atoms with E-state index < -0.39 is 10.8 Å². The van der Waals surface area contributed by atoms with Crippen molar-refractivity contribution in [2.75, 3.05) is 47.2 Å². The number of fused-ring (bicyclic) bond motifs is 1. The molecule has 1 aliphatic heterocycles. The van der Waals surface area contributed by atoms with Gasteiger partial charge in [0.15, 0.2) is 17.5 Å². The smallest absolute Gasteiger partial charge is 0.211 e. The second kappa shape index (κ2) is 10.2. The van der Waals surface area contributed by atoms with Crippen LogP contribution in [0.4, 0.5) is 23.1 Å². The summed E-state index contributed by atoms with van der Waals surface area (Å²) in [5.41, 5.74) is 3.97. The zero-order valence-electron chi connectivity index (χ0n) is 20.6. The molecule has 2 fully saturated rings. The Morgan fingerprint density at radius 2 is 1.97 bits per heavy atom. The van der Waals surface area contributed by atoms with Crippen molar-refractivity contribution < 1.29 is 13.7 Å². The molecule has 3 heterocycles. The van der Waals surface area contributed by atoms with Gasteiger partial charge in [0, 0.05) is 46.5 Å². The van der Waals surface area contributed by atoms with Crippen molar-refractivity contribution in [1.29, 1.82) is 0 Å². The largest absolute Gasteiger partial charge is 0.497 e. The number of carbonyl (C=O) groups excluding carboxylic acids is 1. The number of ether oxygens (including phenoxy) is 1. The Bertz CT molecular complexity index is 1530. The molecule has 1 aliphatic carbocycles. The lowest BCUT2D eigenvalue weighted by Crippen LogP contribution is -2.38. The minimum absolute atomic E-state index is 0.288. The third kappa shape index (κ3) is 4.67. The Balaban J connectivity index is 1.22. The number of amides is 1. The number of hydrogen-bond donors (Lipinski definition) is 3. The fraction of sp³-hybridized carbons (Fsp3) is 0.308. The van der Waals surface area contributed by atoms with E-state index in [2.05, 4.69) is 42.9 Å². The van der Waals surface area contributed by atoms with Gasteiger partial charge in [-0.1, -0.05) is 17.7 Å². The number of aromatic nitrogens is 4. The molecular weight excluding hydrogens is 526 g/mol. The van der Waals surface area contributed by atoms with Crippen molar-refractivity contribution in [3.63, 3.8) is 0 Å². The number of aromatic amines is 1. The molecule has 1 saturated carbocycles. The first-order valence-electron chi connectivity index (χ1n) is 12.3. The SMILES string of the molecule is COc1ccc(NC=O)c(C2CC2c2ccc3c(Nc4ncnc(N5CCS(=O)CC5)c4Cl)n[nH]c3c2)c1. The number of halogens is 1. The lowest BCUT2D eigenvalue weighted by Gasteiger charge is -2.28. The summed E-state index contributed by atoms with van der Waals surface area (Å²) in [6.07, 6.45) is 3.16. The molecule has 4 aromatic rings. The highest BCUT2D eigenvalue weighted by Gasteiger charge is 2.41. The lowest BCUT2D eigenvalue weighted by atomic mass is 10.0. The van der Waals surface area contributed by atoms with Crippen LogP contribution in [0.3, 0.4) is 0 Å². The molecule has 3 N–H and O–H groups in total. The maximum absolute atomic E-state index is 11.7. The third-order valence-electron chi connectivity index (χ3n) is 7.16. The van der Waals surface area contributed by atoms with Crippen LogP contribution in [0.1, 0.15) is 29.4 Å². The van der Waals surface area contributed by atoms with Crippen LogP contribution >= 0.6 is 11.6 Å². The summed E-state index contributed by atoms with van der Waals surface area (Å²) in [6.45, 7) is 1.28. The maximum atomic E-state index is 11.7. The standard InChI is InChI=1S/C26H26ClN7O3S/c1-37-16-3-5-21(30-14-35)20(11-16)19-12-18(19)15-2-4-17-22(10-15)32-33-24(17)31-25-23(27)26(29-13-28-25)34-6-8-38(36)9-7-34/h2-5,10-11,13-14,18-19H,6-9,12H2,1H3,(H,30,35)(H2,28,29,31,32,33). The first kappa shape index (κ1) is 24.6. The summed E-state index contributed by atoms with van der Waals surface area (Å²) in [6, 6.07) is 12.0. The molecule has 0 bridgehead atoms. The van der Waals surface area contributed by atoms with Crippen LogP contribution in [0.2, 0.25) is 5.02 Å². The predicted molar refractivity (Wildman–Crippen MR) is 149 cm³/mol. The maximum Gasteiger partial charge on any atom is 0.211 e. The topological polar surface area (TPSA) is 125 Å². The van der Waals surface area contributed by atoms with Gasteiger partial charge >= 0.3 is 0 Å². The van der Waals surface area contributed by atoms with Gasteiger partial charge in [0.25, 0.3) is 0 Å². The van der Waals surface area contributed by atoms with E-state index in [9.17, 15) is 9.00 Å². The number of rotatable bonds is 8. The first-order chi connectivity index (χ1) is 18.6. The summed E-state index contributed by atoms with van der Waals surface area (Å²) in [5.74, 6) is 4.31. The van der Waals surface area contributed by atoms with Crippen molar-refractivity contribution in [1.82, 2.24) is 20.2 Å². The van der Waals surface area contributed by atoms with Crippen LogP contribution in [0.15, 0.2) is 42.7 Å². The molecule has 2 aromatic heterocycles. The summed E-state index contributed by atoms with van der Waals surface area (Å²) in [4.78, 5) is 21.8. The van der Waals surface area contributed by atoms with Crippen molar-refractivity contribution in [3.8, 4) is 5.75 Å². The van der Waals surface area contributed by atoms with E-state index in [4.69, 9.17) is 16.3 Å². The van der Waals surface area contributed by atoms with E-state index in [1.54, 1.807) is 7.11 Å². The molecular formula is C26H26ClN7O3S. The van der Waals surface area contributed by atoms with E-state index in [0.717, 1.165) is 34.3 Å². The van der Waals surface area contributed by atoms with Crippen molar-refractivity contribution in [2.45, 2.75) is 18.3 Å². The van der Waals surface area contributed by atoms with E-state index in [1.165, 1.54) is 11.9 Å². The van der Waals surface area contributed by atoms with E-state index in [-0.39, 0.29) is 5.92 Å². The monoisotopic (exact) mass is 551 g/mol. The highest BCUT2D eigenvalue weighted by atomic mass is 35.5. The Labute approximate surface area is 226 Å². The Kier molecular flexibility index (Phi) is 6.62. The molecule has 2 unspecified atom stereocenters. The molecule has 6 rings (SSSR count). The van der Waals surface area contributed by atoms with Gasteiger partial charge in [0.2, 0.25) is 6.41 Å². The Hall–Kier alpha value is -3.70. The molecule has 2 aliphatic rings.